The first-order valence-electron chi connectivity index (χ1n) is 7.23. The van der Waals surface area contributed by atoms with Gasteiger partial charge in [0.05, 0.1) is 11.8 Å². The van der Waals surface area contributed by atoms with Crippen molar-refractivity contribution in [1.29, 1.82) is 0 Å². The molecule has 120 valence electrons. The third-order valence-electron chi connectivity index (χ3n) is 3.83. The van der Waals surface area contributed by atoms with Gasteiger partial charge in [0.2, 0.25) is 0 Å². The molecule has 1 saturated heterocycles. The SMILES string of the molecule is Nc1ccc(F)cc1C(=O)N1CCN(C(=O)c2ccco2)CC1. The lowest BCUT2D eigenvalue weighted by atomic mass is 10.1. The molecule has 2 aromatic rings. The smallest absolute Gasteiger partial charge is 0.289 e. The van der Waals surface area contributed by atoms with Gasteiger partial charge in [-0.05, 0) is 30.3 Å². The number of amides is 2. The fraction of sp³-hybridized carbons (Fsp3) is 0.250. The molecule has 1 aliphatic rings. The molecule has 0 aliphatic carbocycles. The number of anilines is 1. The molecule has 1 aliphatic heterocycles. The molecule has 0 radical (unpaired) electrons. The second-order valence-electron chi connectivity index (χ2n) is 5.29. The van der Waals surface area contributed by atoms with Crippen LogP contribution in [-0.4, -0.2) is 47.8 Å². The summed E-state index contributed by atoms with van der Waals surface area (Å²) in [5.74, 6) is -0.757. The minimum Gasteiger partial charge on any atom is -0.459 e. The van der Waals surface area contributed by atoms with E-state index in [2.05, 4.69) is 0 Å². The minimum atomic E-state index is -0.505. The zero-order valence-corrected chi connectivity index (χ0v) is 12.4. The predicted octanol–water partition coefficient (Wildman–Crippen LogP) is 1.60. The van der Waals surface area contributed by atoms with E-state index in [-0.39, 0.29) is 28.8 Å². The van der Waals surface area contributed by atoms with Crippen LogP contribution in [0, 0.1) is 5.82 Å². The number of piperazine rings is 1. The molecule has 7 heteroatoms. The van der Waals surface area contributed by atoms with Gasteiger partial charge < -0.3 is 20.0 Å². The Morgan fingerprint density at radius 2 is 1.70 bits per heavy atom. The maximum absolute atomic E-state index is 13.3. The Bertz CT molecular complexity index is 722. The highest BCUT2D eigenvalue weighted by Crippen LogP contribution is 2.17. The summed E-state index contributed by atoms with van der Waals surface area (Å²) in [7, 11) is 0. The highest BCUT2D eigenvalue weighted by Gasteiger charge is 2.27. The van der Waals surface area contributed by atoms with E-state index in [0.717, 1.165) is 6.07 Å². The van der Waals surface area contributed by atoms with Crippen molar-refractivity contribution in [2.24, 2.45) is 0 Å². The predicted molar refractivity (Wildman–Crippen MR) is 81.3 cm³/mol. The molecule has 6 nitrogen and oxygen atoms in total. The van der Waals surface area contributed by atoms with Gasteiger partial charge in [0.1, 0.15) is 5.82 Å². The Hall–Kier alpha value is -2.83. The molecule has 1 aromatic heterocycles. The first kappa shape index (κ1) is 15.1. The lowest BCUT2D eigenvalue weighted by Gasteiger charge is -2.34. The van der Waals surface area contributed by atoms with Crippen LogP contribution in [0.3, 0.4) is 0 Å². The maximum atomic E-state index is 13.3. The summed E-state index contributed by atoms with van der Waals surface area (Å²) < 4.78 is 18.4. The third kappa shape index (κ3) is 3.03. The topological polar surface area (TPSA) is 79.8 Å². The first-order valence-corrected chi connectivity index (χ1v) is 7.23. The number of carbonyl (C=O) groups is 2. The van der Waals surface area contributed by atoms with E-state index in [0.29, 0.717) is 26.2 Å². The quantitative estimate of drug-likeness (QED) is 0.853. The van der Waals surface area contributed by atoms with Crippen molar-refractivity contribution >= 4 is 17.5 Å². The molecular weight excluding hydrogens is 301 g/mol. The van der Waals surface area contributed by atoms with E-state index in [1.165, 1.54) is 18.4 Å². The Kier molecular flexibility index (Phi) is 4.01. The lowest BCUT2D eigenvalue weighted by molar-refractivity contribution is 0.0518. The largest absolute Gasteiger partial charge is 0.459 e. The summed E-state index contributed by atoms with van der Waals surface area (Å²) in [4.78, 5) is 27.8. The minimum absolute atomic E-state index is 0.149. The molecule has 0 spiro atoms. The van der Waals surface area contributed by atoms with Gasteiger partial charge in [0, 0.05) is 31.9 Å². The van der Waals surface area contributed by atoms with Gasteiger partial charge in [0.25, 0.3) is 11.8 Å². The number of halogens is 1. The van der Waals surface area contributed by atoms with Crippen LogP contribution in [0.25, 0.3) is 0 Å². The number of hydrogen-bond donors (Lipinski definition) is 1. The van der Waals surface area contributed by atoms with Crippen molar-refractivity contribution in [3.63, 3.8) is 0 Å². The summed E-state index contributed by atoms with van der Waals surface area (Å²) >= 11 is 0. The van der Waals surface area contributed by atoms with E-state index >= 15 is 0 Å². The Balaban J connectivity index is 1.66. The van der Waals surface area contributed by atoms with Crippen molar-refractivity contribution in [2.75, 3.05) is 31.9 Å². The summed E-state index contributed by atoms with van der Waals surface area (Å²) in [6.45, 7) is 1.50. The Morgan fingerprint density at radius 1 is 1.04 bits per heavy atom. The van der Waals surface area contributed by atoms with Gasteiger partial charge >= 0.3 is 0 Å². The van der Waals surface area contributed by atoms with Gasteiger partial charge in [-0.15, -0.1) is 0 Å². The van der Waals surface area contributed by atoms with Crippen LogP contribution in [0.5, 0.6) is 0 Å². The number of nitrogens with two attached hydrogens (primary N) is 1. The van der Waals surface area contributed by atoms with Crippen molar-refractivity contribution in [3.05, 3.63) is 53.7 Å². The van der Waals surface area contributed by atoms with Crippen LogP contribution < -0.4 is 5.73 Å². The van der Waals surface area contributed by atoms with Gasteiger partial charge in [-0.1, -0.05) is 0 Å². The van der Waals surface area contributed by atoms with Crippen LogP contribution in [-0.2, 0) is 0 Å². The normalized spacial score (nSPS) is 14.8. The maximum Gasteiger partial charge on any atom is 0.289 e. The Labute approximate surface area is 132 Å². The highest BCUT2D eigenvalue weighted by molar-refractivity contribution is 5.99. The number of rotatable bonds is 2. The average Bonchev–Trinajstić information content (AvgIpc) is 3.10. The molecule has 2 amide bonds. The molecule has 0 saturated carbocycles. The standard InChI is InChI=1S/C16H16FN3O3/c17-11-3-4-13(18)12(10-11)15(21)19-5-7-20(8-6-19)16(22)14-2-1-9-23-14/h1-4,9-10H,5-8,18H2. The first-order chi connectivity index (χ1) is 11.1. The van der Waals surface area contributed by atoms with E-state index in [4.69, 9.17) is 10.2 Å². The lowest BCUT2D eigenvalue weighted by Crippen LogP contribution is -2.50. The molecule has 1 fully saturated rings. The molecule has 0 atom stereocenters. The van der Waals surface area contributed by atoms with Crippen LogP contribution >= 0.6 is 0 Å². The number of nitrogen functional groups attached to an aromatic ring is 1. The number of carbonyl (C=O) groups excluding carboxylic acids is 2. The molecular formula is C16H16FN3O3. The molecule has 2 N–H and O–H groups in total. The van der Waals surface area contributed by atoms with Gasteiger partial charge in [-0.25, -0.2) is 4.39 Å². The van der Waals surface area contributed by atoms with Crippen molar-refractivity contribution in [1.82, 2.24) is 9.80 Å². The molecule has 23 heavy (non-hydrogen) atoms. The second-order valence-corrected chi connectivity index (χ2v) is 5.29. The summed E-state index contributed by atoms with van der Waals surface area (Å²) in [6.07, 6.45) is 1.44. The molecule has 2 heterocycles. The van der Waals surface area contributed by atoms with Gasteiger partial charge in [-0.3, -0.25) is 9.59 Å². The van der Waals surface area contributed by atoms with Crippen LogP contribution in [0.2, 0.25) is 0 Å². The van der Waals surface area contributed by atoms with Crippen LogP contribution in [0.1, 0.15) is 20.9 Å². The van der Waals surface area contributed by atoms with Crippen molar-refractivity contribution < 1.29 is 18.4 Å². The number of nitrogens with zero attached hydrogens (tertiary/aromatic N) is 2. The number of hydrogen-bond acceptors (Lipinski definition) is 4. The third-order valence-corrected chi connectivity index (χ3v) is 3.83. The van der Waals surface area contributed by atoms with E-state index in [1.807, 2.05) is 0 Å². The van der Waals surface area contributed by atoms with Crippen molar-refractivity contribution in [2.45, 2.75) is 0 Å². The fourth-order valence-corrected chi connectivity index (χ4v) is 2.55. The van der Waals surface area contributed by atoms with Gasteiger partial charge in [0.15, 0.2) is 5.76 Å². The molecule has 0 unspecified atom stereocenters. The highest BCUT2D eigenvalue weighted by atomic mass is 19.1. The van der Waals surface area contributed by atoms with Gasteiger partial charge in [-0.2, -0.15) is 0 Å². The van der Waals surface area contributed by atoms with E-state index < -0.39 is 5.82 Å². The second kappa shape index (κ2) is 6.12. The average molecular weight is 317 g/mol. The molecule has 0 bridgehead atoms. The van der Waals surface area contributed by atoms with Crippen LogP contribution in [0.4, 0.5) is 10.1 Å². The number of benzene rings is 1. The zero-order chi connectivity index (χ0) is 16.4. The fourth-order valence-electron chi connectivity index (χ4n) is 2.55. The number of furan rings is 1. The van der Waals surface area contributed by atoms with E-state index in [9.17, 15) is 14.0 Å². The molecule has 1 aromatic carbocycles. The summed E-state index contributed by atoms with van der Waals surface area (Å²) in [5, 5.41) is 0. The molecule has 3 rings (SSSR count). The van der Waals surface area contributed by atoms with E-state index in [1.54, 1.807) is 21.9 Å². The zero-order valence-electron chi connectivity index (χ0n) is 12.4. The van der Waals surface area contributed by atoms with Crippen molar-refractivity contribution in [3.8, 4) is 0 Å². The monoisotopic (exact) mass is 317 g/mol. The summed E-state index contributed by atoms with van der Waals surface area (Å²) in [5.41, 5.74) is 6.14. The van der Waals surface area contributed by atoms with Crippen LogP contribution in [0.15, 0.2) is 41.0 Å². The summed E-state index contributed by atoms with van der Waals surface area (Å²) in [6, 6.07) is 6.98. The Morgan fingerprint density at radius 3 is 2.30 bits per heavy atom.